The van der Waals surface area contributed by atoms with Crippen molar-refractivity contribution in [2.45, 2.75) is 32.8 Å². The molecule has 0 saturated heterocycles. The van der Waals surface area contributed by atoms with Gasteiger partial charge >= 0.3 is 5.97 Å². The number of nitrogens with one attached hydrogen (secondary N) is 1. The van der Waals surface area contributed by atoms with Crippen LogP contribution in [0.2, 0.25) is 0 Å². The van der Waals surface area contributed by atoms with Crippen LogP contribution in [0.25, 0.3) is 11.0 Å². The number of esters is 1. The minimum Gasteiger partial charge on any atom is -0.495 e. The molecule has 1 amide bonds. The van der Waals surface area contributed by atoms with E-state index in [0.717, 1.165) is 28.5 Å². The number of carbonyl (C=O) groups excluding carboxylic acids is 2. The molecule has 1 atom stereocenters. The number of anilines is 1. The Labute approximate surface area is 163 Å². The molecule has 28 heavy (non-hydrogen) atoms. The fourth-order valence-corrected chi connectivity index (χ4v) is 2.91. The second-order valence-electron chi connectivity index (χ2n) is 6.44. The van der Waals surface area contributed by atoms with E-state index in [1.165, 1.54) is 14.0 Å². The number of fused-ring (bicyclic) bond motifs is 1. The molecular weight excluding hydrogens is 358 g/mol. The lowest BCUT2D eigenvalue weighted by Gasteiger charge is -2.15. The zero-order valence-corrected chi connectivity index (χ0v) is 16.2. The molecule has 3 aromatic rings. The van der Waals surface area contributed by atoms with Crippen LogP contribution in [0.5, 0.6) is 5.75 Å². The summed E-state index contributed by atoms with van der Waals surface area (Å²) in [6, 6.07) is 13.0. The summed E-state index contributed by atoms with van der Waals surface area (Å²) in [5.41, 5.74) is 3.16. The molecule has 0 aliphatic rings. The van der Waals surface area contributed by atoms with E-state index in [9.17, 15) is 9.59 Å². The fourth-order valence-electron chi connectivity index (χ4n) is 2.91. The quantitative estimate of drug-likeness (QED) is 0.623. The number of benzene rings is 2. The van der Waals surface area contributed by atoms with E-state index in [1.54, 1.807) is 30.5 Å². The highest BCUT2D eigenvalue weighted by Crippen LogP contribution is 2.25. The van der Waals surface area contributed by atoms with Crippen molar-refractivity contribution in [2.75, 3.05) is 12.4 Å². The van der Waals surface area contributed by atoms with E-state index in [-0.39, 0.29) is 6.42 Å². The first-order chi connectivity index (χ1) is 13.5. The van der Waals surface area contributed by atoms with Crippen LogP contribution in [-0.2, 0) is 27.2 Å². The topological polar surface area (TPSA) is 77.8 Å². The molecule has 0 aliphatic heterocycles. The summed E-state index contributed by atoms with van der Waals surface area (Å²) < 4.78 is 16.0. The number of furan rings is 1. The molecule has 1 N–H and O–H groups in total. The molecule has 0 radical (unpaired) electrons. The van der Waals surface area contributed by atoms with Crippen LogP contribution < -0.4 is 10.1 Å². The fraction of sp³-hybridized carbons (Fsp3) is 0.273. The number of para-hydroxylation sites is 2. The molecule has 0 aliphatic carbocycles. The number of hydrogen-bond acceptors (Lipinski definition) is 5. The summed E-state index contributed by atoms with van der Waals surface area (Å²) in [7, 11) is 1.52. The van der Waals surface area contributed by atoms with Crippen LogP contribution in [0.15, 0.2) is 53.1 Å². The van der Waals surface area contributed by atoms with Gasteiger partial charge in [0.2, 0.25) is 0 Å². The molecule has 0 bridgehead atoms. The van der Waals surface area contributed by atoms with Gasteiger partial charge in [0.25, 0.3) is 5.91 Å². The summed E-state index contributed by atoms with van der Waals surface area (Å²) in [6.07, 6.45) is 1.56. The smallest absolute Gasteiger partial charge is 0.311 e. The third-order valence-corrected chi connectivity index (χ3v) is 4.51. The van der Waals surface area contributed by atoms with Gasteiger partial charge in [0.15, 0.2) is 6.10 Å². The molecule has 0 fully saturated rings. The summed E-state index contributed by atoms with van der Waals surface area (Å²) in [5, 5.41) is 3.58. The van der Waals surface area contributed by atoms with Crippen LogP contribution in [0.3, 0.4) is 0 Å². The molecule has 0 unspecified atom stereocenters. The van der Waals surface area contributed by atoms with Crippen molar-refractivity contribution in [3.63, 3.8) is 0 Å². The van der Waals surface area contributed by atoms with E-state index >= 15 is 0 Å². The minimum absolute atomic E-state index is 0.0325. The number of amides is 1. The molecule has 6 nitrogen and oxygen atoms in total. The molecular formula is C22H23NO5. The SMILES string of the molecule is CCc1ccc2c(CC(=O)O[C@@H](C)C(=O)Nc3ccccc3OC)coc2c1. The monoisotopic (exact) mass is 381 g/mol. The van der Waals surface area contributed by atoms with Gasteiger partial charge in [0.05, 0.1) is 25.5 Å². The van der Waals surface area contributed by atoms with Crippen LogP contribution in [0.1, 0.15) is 25.0 Å². The number of carbonyl (C=O) groups is 2. The Kier molecular flexibility index (Phi) is 5.99. The molecule has 2 aromatic carbocycles. The number of aryl methyl sites for hydroxylation is 1. The van der Waals surface area contributed by atoms with Crippen molar-refractivity contribution in [3.05, 3.63) is 59.9 Å². The number of rotatable bonds is 7. The van der Waals surface area contributed by atoms with Crippen molar-refractivity contribution >= 4 is 28.5 Å². The van der Waals surface area contributed by atoms with E-state index in [2.05, 4.69) is 12.2 Å². The number of hydrogen-bond donors (Lipinski definition) is 1. The molecule has 1 heterocycles. The summed E-state index contributed by atoms with van der Waals surface area (Å²) in [6.45, 7) is 3.60. The van der Waals surface area contributed by atoms with Crippen molar-refractivity contribution in [1.29, 1.82) is 0 Å². The van der Waals surface area contributed by atoms with Crippen LogP contribution in [-0.4, -0.2) is 25.1 Å². The van der Waals surface area contributed by atoms with Gasteiger partial charge in [-0.1, -0.05) is 31.2 Å². The standard InChI is InChI=1S/C22H23NO5/c1-4-15-9-10-17-16(13-27-20(17)11-15)12-21(24)28-14(2)22(25)23-18-7-5-6-8-19(18)26-3/h5-11,13-14H,4,12H2,1-3H3,(H,23,25)/t14-/m0/s1. The Bertz CT molecular complexity index is 992. The lowest BCUT2D eigenvalue weighted by molar-refractivity contribution is -0.152. The molecule has 0 spiro atoms. The van der Waals surface area contributed by atoms with Gasteiger partial charge in [-0.3, -0.25) is 9.59 Å². The van der Waals surface area contributed by atoms with Gasteiger partial charge in [0.1, 0.15) is 11.3 Å². The maximum absolute atomic E-state index is 12.3. The largest absolute Gasteiger partial charge is 0.495 e. The maximum atomic E-state index is 12.3. The molecule has 1 aromatic heterocycles. The van der Waals surface area contributed by atoms with Crippen LogP contribution >= 0.6 is 0 Å². The zero-order valence-electron chi connectivity index (χ0n) is 16.2. The van der Waals surface area contributed by atoms with Crippen molar-refractivity contribution < 1.29 is 23.5 Å². The highest BCUT2D eigenvalue weighted by molar-refractivity contribution is 5.96. The van der Waals surface area contributed by atoms with Gasteiger partial charge in [-0.2, -0.15) is 0 Å². The van der Waals surface area contributed by atoms with Gasteiger partial charge in [-0.15, -0.1) is 0 Å². The maximum Gasteiger partial charge on any atom is 0.311 e. The number of ether oxygens (including phenoxy) is 2. The Balaban J connectivity index is 1.62. The zero-order chi connectivity index (χ0) is 20.1. The van der Waals surface area contributed by atoms with Crippen molar-refractivity contribution in [1.82, 2.24) is 0 Å². The van der Waals surface area contributed by atoms with Crippen molar-refractivity contribution in [2.24, 2.45) is 0 Å². The van der Waals surface area contributed by atoms with Crippen molar-refractivity contribution in [3.8, 4) is 5.75 Å². The van der Waals surface area contributed by atoms with Crippen LogP contribution in [0, 0.1) is 0 Å². The lowest BCUT2D eigenvalue weighted by Crippen LogP contribution is -2.30. The Morgan fingerprint density at radius 2 is 1.96 bits per heavy atom. The predicted molar refractivity (Wildman–Crippen MR) is 106 cm³/mol. The third kappa shape index (κ3) is 4.34. The summed E-state index contributed by atoms with van der Waals surface area (Å²) in [4.78, 5) is 24.6. The molecule has 6 heteroatoms. The third-order valence-electron chi connectivity index (χ3n) is 4.51. The van der Waals surface area contributed by atoms with Gasteiger partial charge < -0.3 is 19.2 Å². The Morgan fingerprint density at radius 1 is 1.18 bits per heavy atom. The Hall–Kier alpha value is -3.28. The van der Waals surface area contributed by atoms with Gasteiger partial charge in [-0.25, -0.2) is 0 Å². The lowest BCUT2D eigenvalue weighted by atomic mass is 10.1. The second kappa shape index (κ2) is 8.61. The predicted octanol–water partition coefficient (Wildman–Crippen LogP) is 4.12. The summed E-state index contributed by atoms with van der Waals surface area (Å²) >= 11 is 0. The van der Waals surface area contributed by atoms with E-state index in [1.807, 2.05) is 18.2 Å². The van der Waals surface area contributed by atoms with E-state index in [0.29, 0.717) is 11.4 Å². The van der Waals surface area contributed by atoms with E-state index in [4.69, 9.17) is 13.9 Å². The first-order valence-corrected chi connectivity index (χ1v) is 9.14. The first-order valence-electron chi connectivity index (χ1n) is 9.14. The summed E-state index contributed by atoms with van der Waals surface area (Å²) in [5.74, 6) is -0.391. The molecule has 146 valence electrons. The minimum atomic E-state index is -0.942. The van der Waals surface area contributed by atoms with Crippen LogP contribution in [0.4, 0.5) is 5.69 Å². The Morgan fingerprint density at radius 3 is 2.71 bits per heavy atom. The second-order valence-corrected chi connectivity index (χ2v) is 6.44. The van der Waals surface area contributed by atoms with Gasteiger partial charge in [-0.05, 0) is 37.1 Å². The van der Waals surface area contributed by atoms with E-state index < -0.39 is 18.0 Å². The molecule has 0 saturated carbocycles. The number of methoxy groups -OCH3 is 1. The highest BCUT2D eigenvalue weighted by Gasteiger charge is 2.20. The molecule has 3 rings (SSSR count). The normalized spacial score (nSPS) is 11.8. The first kappa shape index (κ1) is 19.5. The van der Waals surface area contributed by atoms with Gasteiger partial charge in [0, 0.05) is 10.9 Å². The highest BCUT2D eigenvalue weighted by atomic mass is 16.5. The average Bonchev–Trinajstić information content (AvgIpc) is 3.09. The average molecular weight is 381 g/mol.